The van der Waals surface area contributed by atoms with Crippen LogP contribution in [-0.4, -0.2) is 175 Å². The summed E-state index contributed by atoms with van der Waals surface area (Å²) in [5.74, 6) is 2.34. The van der Waals surface area contributed by atoms with Crippen molar-refractivity contribution >= 4 is 5.78 Å². The molecule has 22 bridgehead atoms. The number of allylic oxidation sites excluding steroid dienone is 1. The number of ketones is 1. The van der Waals surface area contributed by atoms with E-state index in [1.807, 2.05) is 0 Å². The largest absolute Gasteiger partial charge is 0.393 e. The number of carbonyl (C=O) groups excluding carboxylic acids is 1. The highest BCUT2D eigenvalue weighted by molar-refractivity contribution is 5.80. The Hall–Kier alpha value is -2.49. The van der Waals surface area contributed by atoms with Crippen molar-refractivity contribution in [3.05, 3.63) is 72.9 Å². The monoisotopic (exact) mass is 1420 g/mol. The first-order chi connectivity index (χ1) is 49.0. The van der Waals surface area contributed by atoms with Crippen molar-refractivity contribution in [1.29, 1.82) is 0 Å². The van der Waals surface area contributed by atoms with Gasteiger partial charge in [0.05, 0.1) is 116 Å². The molecule has 37 atom stereocenters. The van der Waals surface area contributed by atoms with Gasteiger partial charge < -0.3 is 71.4 Å². The van der Waals surface area contributed by atoms with Gasteiger partial charge in [0.15, 0.2) is 11.6 Å². The van der Waals surface area contributed by atoms with Crippen molar-refractivity contribution in [3.63, 3.8) is 0 Å². The van der Waals surface area contributed by atoms with Crippen LogP contribution in [0.25, 0.3) is 0 Å². The summed E-state index contributed by atoms with van der Waals surface area (Å²) >= 11 is 0. The highest BCUT2D eigenvalue weighted by atomic mass is 16.8. The number of ether oxygens (including phenoxy) is 14. The molecule has 16 saturated heterocycles. The second-order valence-corrected chi connectivity index (χ2v) is 36.1. The minimum absolute atomic E-state index is 0.00300. The molecule has 0 saturated carbocycles. The summed E-state index contributed by atoms with van der Waals surface area (Å²) in [6.45, 7) is 40.9. The second-order valence-electron chi connectivity index (χ2n) is 36.1. The van der Waals surface area contributed by atoms with Crippen LogP contribution < -0.4 is 0 Å². The molecule has 0 amide bonds. The first-order valence-electron chi connectivity index (χ1n) is 41.5. The highest BCUT2D eigenvalue weighted by Gasteiger charge is 2.69. The molecule has 18 aliphatic rings. The maximum atomic E-state index is 13.6. The maximum Gasteiger partial charge on any atom is 0.172 e. The first kappa shape index (κ1) is 74.9. The molecule has 0 radical (unpaired) electrons. The number of carbonyl (C=O) groups is 1. The lowest BCUT2D eigenvalue weighted by molar-refractivity contribution is -0.263. The summed E-state index contributed by atoms with van der Waals surface area (Å²) in [6, 6.07) is 0. The number of fused-ring (bicyclic) bond motifs is 12. The number of aliphatic hydroxyl groups is 1. The lowest BCUT2D eigenvalue weighted by Gasteiger charge is -2.42. The average molecular weight is 1420 g/mol. The summed E-state index contributed by atoms with van der Waals surface area (Å²) in [6.07, 6.45) is 30.3. The Morgan fingerprint density at radius 3 is 1.34 bits per heavy atom. The first-order valence-corrected chi connectivity index (χ1v) is 41.5. The van der Waals surface area contributed by atoms with E-state index >= 15 is 0 Å². The van der Waals surface area contributed by atoms with Crippen molar-refractivity contribution < 1.29 is 76.2 Å². The molecular weight excluding hydrogens is 1290 g/mol. The SMILES string of the molecule is C=C1C[C@@H]2CC[C@@]34C[C@H]5O[C@H]6C(O3)C(C)[C@H](C/C=C/CC(=O)CC3[C@H](CC7O[C@@H](CCC1O2)C[C@@H](C)C7=C)O[C@H](C[C@H](C)CC)[C@@H]3C)O[C@H]6[C@H]5O4.C=C1C[C@@H]2CC[C@@]34C[C@H]5O[C@H]6C(O3)C(C)[C@H](C/C=C/CC(O)CC3[C@H](CC7O[C@@H](CCC1O2)C[C@@H](C)C7=C)O[C@H](C[C@H](C)CC)[C@@H]3C)O[C@H]6[C@H]5O4. The van der Waals surface area contributed by atoms with Crippen molar-refractivity contribution in [1.82, 2.24) is 0 Å². The predicted octanol–water partition coefficient (Wildman–Crippen LogP) is 15.4. The Morgan fingerprint density at radius 2 is 0.853 bits per heavy atom. The molecule has 2 spiro atoms. The van der Waals surface area contributed by atoms with Crippen LogP contribution >= 0.6 is 0 Å². The van der Waals surface area contributed by atoms with Gasteiger partial charge in [-0.3, -0.25) is 4.79 Å². The molecule has 18 rings (SSSR count). The van der Waals surface area contributed by atoms with Crippen LogP contribution in [0.3, 0.4) is 0 Å². The number of rotatable bonds is 6. The number of hydrogen-bond donors (Lipinski definition) is 1. The Kier molecular flexibility index (Phi) is 22.9. The summed E-state index contributed by atoms with van der Waals surface area (Å²) < 4.78 is 95.1. The summed E-state index contributed by atoms with van der Waals surface area (Å²) in [4.78, 5) is 13.6. The quantitative estimate of drug-likeness (QED) is 0.249. The van der Waals surface area contributed by atoms with E-state index in [1.165, 1.54) is 22.3 Å². The fraction of sp³-hybridized carbons (Fsp3) is 0.849. The lowest BCUT2D eigenvalue weighted by atomic mass is 9.78. The molecule has 102 heavy (non-hydrogen) atoms. The van der Waals surface area contributed by atoms with Crippen LogP contribution in [-0.2, 0) is 71.1 Å². The Balaban J connectivity index is 0.000000165. The van der Waals surface area contributed by atoms with Crippen LogP contribution in [0, 0.1) is 59.2 Å². The molecule has 16 nitrogen and oxygen atoms in total. The summed E-state index contributed by atoms with van der Waals surface area (Å²) in [5.41, 5.74) is 4.74. The third-order valence-electron chi connectivity index (χ3n) is 29.0. The second kappa shape index (κ2) is 31.1. The average Bonchev–Trinajstić information content (AvgIpc) is 1.56. The van der Waals surface area contributed by atoms with Gasteiger partial charge in [-0.25, -0.2) is 0 Å². The fourth-order valence-corrected chi connectivity index (χ4v) is 22.0. The van der Waals surface area contributed by atoms with E-state index < -0.39 is 17.7 Å². The summed E-state index contributed by atoms with van der Waals surface area (Å²) in [5, 5.41) is 11.5. The Morgan fingerprint density at radius 1 is 0.431 bits per heavy atom. The summed E-state index contributed by atoms with van der Waals surface area (Å²) in [7, 11) is 0. The van der Waals surface area contributed by atoms with Crippen LogP contribution in [0.2, 0.25) is 0 Å². The van der Waals surface area contributed by atoms with Gasteiger partial charge in [-0.15, -0.1) is 0 Å². The number of hydrogen-bond acceptors (Lipinski definition) is 16. The van der Waals surface area contributed by atoms with Gasteiger partial charge in [0.25, 0.3) is 0 Å². The molecule has 16 fully saturated rings. The molecule has 0 aliphatic carbocycles. The molecule has 0 aromatic rings. The van der Waals surface area contributed by atoms with Gasteiger partial charge in [-0.1, -0.05) is 133 Å². The molecule has 1 N–H and O–H groups in total. The fourth-order valence-electron chi connectivity index (χ4n) is 22.0. The third-order valence-corrected chi connectivity index (χ3v) is 29.0. The van der Waals surface area contributed by atoms with E-state index in [-0.39, 0.29) is 176 Å². The van der Waals surface area contributed by atoms with Gasteiger partial charge in [-0.05, 0) is 172 Å². The third kappa shape index (κ3) is 15.3. The Bertz CT molecular complexity index is 3040. The van der Waals surface area contributed by atoms with Crippen molar-refractivity contribution in [2.45, 2.75) is 400 Å². The minimum atomic E-state index is -0.662. The molecule has 18 heterocycles. The minimum Gasteiger partial charge on any atom is -0.393 e. The molecular formula is C86H130O16. The van der Waals surface area contributed by atoms with Crippen molar-refractivity contribution in [3.8, 4) is 0 Å². The van der Waals surface area contributed by atoms with Gasteiger partial charge in [-0.2, -0.15) is 0 Å². The van der Waals surface area contributed by atoms with Crippen LogP contribution in [0.5, 0.6) is 0 Å². The molecule has 16 heteroatoms. The zero-order valence-electron chi connectivity index (χ0n) is 63.8. The van der Waals surface area contributed by atoms with E-state index in [2.05, 4.69) is 120 Å². The van der Waals surface area contributed by atoms with Crippen molar-refractivity contribution in [2.75, 3.05) is 0 Å². The predicted molar refractivity (Wildman–Crippen MR) is 389 cm³/mol. The van der Waals surface area contributed by atoms with Crippen LogP contribution in [0.1, 0.15) is 236 Å². The number of Topliss-reactive ketones (excluding diaryl/α,β-unsaturated/α-hetero) is 1. The van der Waals surface area contributed by atoms with E-state index in [1.54, 1.807) is 0 Å². The topological polar surface area (TPSA) is 167 Å². The van der Waals surface area contributed by atoms with Gasteiger partial charge >= 0.3 is 0 Å². The zero-order chi connectivity index (χ0) is 71.2. The molecule has 570 valence electrons. The van der Waals surface area contributed by atoms with E-state index in [9.17, 15) is 9.90 Å². The van der Waals surface area contributed by atoms with E-state index in [0.29, 0.717) is 54.8 Å². The zero-order valence-corrected chi connectivity index (χ0v) is 63.8. The van der Waals surface area contributed by atoms with Gasteiger partial charge in [0, 0.05) is 63.2 Å². The van der Waals surface area contributed by atoms with E-state index in [4.69, 9.17) is 66.3 Å². The standard InChI is InChI=1S/C43H66O8.C43H64O8/c2*1-8-23(2)17-35-27(6)32-20-29(44)11-9-10-12-34-28(7)39-41-42(48-34)40-38(49-41)22-43(50-39,51-40)16-15-31-19-25(4)33(45-31)14-13-30-18-24(3)26(5)36(46-30)21-37(32)47-35/h9-10,23-24,27-42,44H,4-5,8,11-22H2,1-3,6-7H3;9-10,23-24,27-28,30-42H,4-5,8,11-22H2,1-3,6-7H3/b2*10-9+/t23-,24-,27-,28?,29?,30+,31+,32?,33?,34+,35-,36?,37+,38-,39?,40+,41+,42+,43-;23-,24-,27-,28?,30+,31+,32?,33?,34+,35-,36?,37+,38-,39?,40+,41+,42+,43-/m11/s1. The normalized spacial score (nSPS) is 52.1. The smallest absolute Gasteiger partial charge is 0.172 e. The Labute approximate surface area is 611 Å². The van der Waals surface area contributed by atoms with Gasteiger partial charge in [0.1, 0.15) is 42.4 Å². The molecule has 18 aliphatic heterocycles. The van der Waals surface area contributed by atoms with Gasteiger partial charge in [0.2, 0.25) is 0 Å². The van der Waals surface area contributed by atoms with E-state index in [0.717, 1.165) is 148 Å². The molecule has 0 aromatic carbocycles. The van der Waals surface area contributed by atoms with Crippen molar-refractivity contribution in [2.24, 2.45) is 59.2 Å². The van der Waals surface area contributed by atoms with Crippen LogP contribution in [0.15, 0.2) is 72.9 Å². The number of aliphatic hydroxyl groups excluding tert-OH is 1. The molecule has 0 aromatic heterocycles. The lowest BCUT2D eigenvalue weighted by Crippen LogP contribution is -2.54. The van der Waals surface area contributed by atoms with Crippen LogP contribution in [0.4, 0.5) is 0 Å². The highest BCUT2D eigenvalue weighted by Crippen LogP contribution is 2.57. The maximum absolute atomic E-state index is 13.6. The molecule has 11 unspecified atom stereocenters.